The molecule has 0 aliphatic heterocycles. The molecule has 2 nitrogen and oxygen atoms in total. The Bertz CT molecular complexity index is 597. The van der Waals surface area contributed by atoms with E-state index in [0.717, 1.165) is 28.3 Å². The predicted octanol–water partition coefficient (Wildman–Crippen LogP) is 3.57. The van der Waals surface area contributed by atoms with E-state index in [2.05, 4.69) is 6.07 Å². The van der Waals surface area contributed by atoms with E-state index in [0.29, 0.717) is 6.42 Å². The Morgan fingerprint density at radius 2 is 1.69 bits per heavy atom. The largest absolute Gasteiger partial charge is 0.508 e. The van der Waals surface area contributed by atoms with Gasteiger partial charge in [0.15, 0.2) is 5.76 Å². The summed E-state index contributed by atoms with van der Waals surface area (Å²) in [6.45, 7) is 0. The summed E-state index contributed by atoms with van der Waals surface area (Å²) in [6.07, 6.45) is 1.31. The van der Waals surface area contributed by atoms with E-state index in [9.17, 15) is 10.2 Å². The third-order valence-electron chi connectivity index (χ3n) is 3.16. The van der Waals surface area contributed by atoms with Crippen molar-refractivity contribution in [3.05, 3.63) is 53.3 Å². The first-order valence-corrected chi connectivity index (χ1v) is 5.39. The van der Waals surface area contributed by atoms with Crippen LogP contribution in [0.25, 0.3) is 16.5 Å². The van der Waals surface area contributed by atoms with Gasteiger partial charge < -0.3 is 10.2 Å². The lowest BCUT2D eigenvalue weighted by molar-refractivity contribution is 0.356. The molecule has 1 aliphatic rings. The number of rotatable bonds is 0. The Morgan fingerprint density at radius 3 is 2.56 bits per heavy atom. The van der Waals surface area contributed by atoms with Gasteiger partial charge in [-0.1, -0.05) is 36.4 Å². The van der Waals surface area contributed by atoms with Crippen LogP contribution in [-0.4, -0.2) is 10.2 Å². The first-order chi connectivity index (χ1) is 7.77. The van der Waals surface area contributed by atoms with E-state index in [4.69, 9.17) is 0 Å². The Balaban J connectivity index is 2.43. The normalized spacial score (nSPS) is 15.2. The molecule has 2 aromatic carbocycles. The Kier molecular flexibility index (Phi) is 1.90. The third kappa shape index (κ3) is 1.20. The Morgan fingerprint density at radius 1 is 0.875 bits per heavy atom. The van der Waals surface area contributed by atoms with E-state index in [-0.39, 0.29) is 11.5 Å². The summed E-state index contributed by atoms with van der Waals surface area (Å²) in [5.74, 6) is 0.141. The van der Waals surface area contributed by atoms with Crippen LogP contribution in [0.15, 0.2) is 42.2 Å². The number of allylic oxidation sites excluding steroid dienone is 1. The Hall–Kier alpha value is -1.96. The maximum Gasteiger partial charge on any atom is 0.161 e. The van der Waals surface area contributed by atoms with Gasteiger partial charge in [0.2, 0.25) is 0 Å². The summed E-state index contributed by atoms with van der Waals surface area (Å²) in [4.78, 5) is 0. The molecule has 0 saturated heterocycles. The average molecular weight is 212 g/mol. The van der Waals surface area contributed by atoms with Gasteiger partial charge in [-0.25, -0.2) is 0 Å². The summed E-state index contributed by atoms with van der Waals surface area (Å²) in [6, 6.07) is 12.0. The first kappa shape index (κ1) is 9.28. The highest BCUT2D eigenvalue weighted by molar-refractivity contribution is 5.94. The van der Waals surface area contributed by atoms with Gasteiger partial charge in [-0.05, 0) is 22.8 Å². The maximum atomic E-state index is 9.96. The van der Waals surface area contributed by atoms with Crippen molar-refractivity contribution in [2.45, 2.75) is 12.8 Å². The predicted molar refractivity (Wildman–Crippen MR) is 64.4 cm³/mol. The highest BCUT2D eigenvalue weighted by Gasteiger charge is 2.19. The van der Waals surface area contributed by atoms with Crippen LogP contribution in [0, 0.1) is 0 Å². The SMILES string of the molecule is OC1=C(O)c2c(ccc3ccccc23)CC1. The first-order valence-electron chi connectivity index (χ1n) is 5.39. The van der Waals surface area contributed by atoms with Crippen molar-refractivity contribution in [1.82, 2.24) is 0 Å². The molecule has 0 fully saturated rings. The molecule has 2 heteroatoms. The average Bonchev–Trinajstić information content (AvgIpc) is 2.33. The molecule has 0 spiro atoms. The number of hydrogen-bond acceptors (Lipinski definition) is 2. The van der Waals surface area contributed by atoms with E-state index >= 15 is 0 Å². The lowest BCUT2D eigenvalue weighted by Gasteiger charge is -2.18. The van der Waals surface area contributed by atoms with Gasteiger partial charge in [0.1, 0.15) is 5.76 Å². The topological polar surface area (TPSA) is 40.5 Å². The van der Waals surface area contributed by atoms with Gasteiger partial charge in [0.05, 0.1) is 0 Å². The second-order valence-corrected chi connectivity index (χ2v) is 4.12. The van der Waals surface area contributed by atoms with Crippen molar-refractivity contribution in [1.29, 1.82) is 0 Å². The fourth-order valence-electron chi connectivity index (χ4n) is 2.32. The molecule has 2 N–H and O–H groups in total. The van der Waals surface area contributed by atoms with Gasteiger partial charge >= 0.3 is 0 Å². The lowest BCUT2D eigenvalue weighted by atomic mass is 9.90. The zero-order valence-electron chi connectivity index (χ0n) is 8.77. The molecule has 0 atom stereocenters. The number of aliphatic hydroxyl groups excluding tert-OH is 2. The van der Waals surface area contributed by atoms with Crippen molar-refractivity contribution in [3.63, 3.8) is 0 Å². The third-order valence-corrected chi connectivity index (χ3v) is 3.16. The molecule has 80 valence electrons. The minimum Gasteiger partial charge on any atom is -0.508 e. The molecule has 0 unspecified atom stereocenters. The van der Waals surface area contributed by atoms with Crippen LogP contribution in [0.5, 0.6) is 0 Å². The lowest BCUT2D eigenvalue weighted by Crippen LogP contribution is -2.05. The molecule has 16 heavy (non-hydrogen) atoms. The summed E-state index contributed by atoms with van der Waals surface area (Å²) in [7, 11) is 0. The zero-order valence-corrected chi connectivity index (χ0v) is 8.77. The van der Waals surface area contributed by atoms with Crippen molar-refractivity contribution in [2.24, 2.45) is 0 Å². The molecule has 0 amide bonds. The van der Waals surface area contributed by atoms with Crippen LogP contribution in [0.3, 0.4) is 0 Å². The Labute approximate surface area is 93.5 Å². The van der Waals surface area contributed by atoms with Crippen LogP contribution < -0.4 is 0 Å². The monoisotopic (exact) mass is 212 g/mol. The molecule has 0 bridgehead atoms. The van der Waals surface area contributed by atoms with Crippen molar-refractivity contribution in [3.8, 4) is 0 Å². The number of fused-ring (bicyclic) bond motifs is 3. The maximum absolute atomic E-state index is 9.96. The standard InChI is InChI=1S/C14H12O2/c15-12-8-7-10-6-5-9-3-1-2-4-11(9)13(10)14(12)16/h1-6,15-16H,7-8H2. The molecule has 3 rings (SSSR count). The van der Waals surface area contributed by atoms with Gasteiger partial charge in [0, 0.05) is 12.0 Å². The molecule has 0 aromatic heterocycles. The van der Waals surface area contributed by atoms with E-state index in [1.165, 1.54) is 0 Å². The van der Waals surface area contributed by atoms with Gasteiger partial charge in [0.25, 0.3) is 0 Å². The number of aliphatic hydroxyl groups is 2. The molecule has 0 radical (unpaired) electrons. The molecule has 2 aromatic rings. The van der Waals surface area contributed by atoms with Gasteiger partial charge in [-0.3, -0.25) is 0 Å². The number of aryl methyl sites for hydroxylation is 1. The molecule has 0 heterocycles. The highest BCUT2D eigenvalue weighted by atomic mass is 16.3. The van der Waals surface area contributed by atoms with Crippen LogP contribution in [0.4, 0.5) is 0 Å². The smallest absolute Gasteiger partial charge is 0.161 e. The second-order valence-electron chi connectivity index (χ2n) is 4.12. The van der Waals surface area contributed by atoms with Crippen LogP contribution in [0.2, 0.25) is 0 Å². The van der Waals surface area contributed by atoms with E-state index in [1.807, 2.05) is 30.3 Å². The molecular weight excluding hydrogens is 200 g/mol. The summed E-state index contributed by atoms with van der Waals surface area (Å²) in [5.41, 5.74) is 1.90. The fourth-order valence-corrected chi connectivity index (χ4v) is 2.32. The zero-order chi connectivity index (χ0) is 11.1. The quantitative estimate of drug-likeness (QED) is 0.700. The van der Waals surface area contributed by atoms with Crippen molar-refractivity contribution in [2.75, 3.05) is 0 Å². The van der Waals surface area contributed by atoms with E-state index < -0.39 is 0 Å². The van der Waals surface area contributed by atoms with Crippen LogP contribution in [0.1, 0.15) is 17.5 Å². The van der Waals surface area contributed by atoms with Crippen LogP contribution >= 0.6 is 0 Å². The van der Waals surface area contributed by atoms with Gasteiger partial charge in [-0.2, -0.15) is 0 Å². The van der Waals surface area contributed by atoms with Crippen molar-refractivity contribution < 1.29 is 10.2 Å². The van der Waals surface area contributed by atoms with Gasteiger partial charge in [-0.15, -0.1) is 0 Å². The molecule has 1 aliphatic carbocycles. The molecular formula is C14H12O2. The van der Waals surface area contributed by atoms with E-state index in [1.54, 1.807) is 0 Å². The minimum absolute atomic E-state index is 0.0399. The summed E-state index contributed by atoms with van der Waals surface area (Å²) in [5, 5.41) is 21.7. The summed E-state index contributed by atoms with van der Waals surface area (Å²) < 4.78 is 0. The van der Waals surface area contributed by atoms with Crippen LogP contribution in [-0.2, 0) is 6.42 Å². The fraction of sp³-hybridized carbons (Fsp3) is 0.143. The second kappa shape index (κ2) is 3.27. The summed E-state index contributed by atoms with van der Waals surface area (Å²) >= 11 is 0. The van der Waals surface area contributed by atoms with Crippen molar-refractivity contribution >= 4 is 16.5 Å². The minimum atomic E-state index is 0.0399. The molecule has 0 saturated carbocycles. The highest BCUT2D eigenvalue weighted by Crippen LogP contribution is 2.33. The number of benzene rings is 2. The number of hydrogen-bond donors (Lipinski definition) is 2.